The van der Waals surface area contributed by atoms with E-state index in [1.165, 1.54) is 0 Å². The molecule has 1 N–H and O–H groups in total. The number of benzene rings is 2. The maximum atomic E-state index is 13.1. The number of anilines is 1. The van der Waals surface area contributed by atoms with E-state index in [0.29, 0.717) is 22.9 Å². The van der Waals surface area contributed by atoms with Gasteiger partial charge in [0.2, 0.25) is 5.91 Å². The Kier molecular flexibility index (Phi) is 7.82. The maximum absolute atomic E-state index is 13.1. The molecule has 180 valence electrons. The SMILES string of the molecule is Cc1ccc(-n2nc(C(C)(C)C)cc2NC(=O)CN(CC(C)C)C(=O)c2cccc(Cl)c2)cc1. The Morgan fingerprint density at radius 3 is 2.35 bits per heavy atom. The Hall–Kier alpha value is -3.12. The van der Waals surface area contributed by atoms with Gasteiger partial charge in [-0.1, -0.05) is 70.0 Å². The second kappa shape index (κ2) is 10.4. The second-order valence-corrected chi connectivity index (χ2v) is 10.5. The van der Waals surface area contributed by atoms with Crippen molar-refractivity contribution in [3.8, 4) is 5.69 Å². The first kappa shape index (κ1) is 25.5. The van der Waals surface area contributed by atoms with E-state index in [9.17, 15) is 9.59 Å². The lowest BCUT2D eigenvalue weighted by Crippen LogP contribution is -2.40. The number of hydrogen-bond donors (Lipinski definition) is 1. The van der Waals surface area contributed by atoms with Gasteiger partial charge in [0.1, 0.15) is 12.4 Å². The number of aryl methyl sites for hydroxylation is 1. The van der Waals surface area contributed by atoms with Crippen molar-refractivity contribution in [3.63, 3.8) is 0 Å². The van der Waals surface area contributed by atoms with E-state index in [0.717, 1.165) is 16.9 Å². The molecule has 1 aromatic heterocycles. The summed E-state index contributed by atoms with van der Waals surface area (Å²) in [7, 11) is 0. The van der Waals surface area contributed by atoms with Crippen LogP contribution in [0.25, 0.3) is 5.69 Å². The summed E-state index contributed by atoms with van der Waals surface area (Å²) in [6.07, 6.45) is 0. The van der Waals surface area contributed by atoms with Crippen LogP contribution in [0.1, 0.15) is 56.2 Å². The van der Waals surface area contributed by atoms with Crippen molar-refractivity contribution in [2.24, 2.45) is 5.92 Å². The van der Waals surface area contributed by atoms with Gasteiger partial charge in [0, 0.05) is 28.6 Å². The fraction of sp³-hybridized carbons (Fsp3) is 0.370. The van der Waals surface area contributed by atoms with Crippen LogP contribution < -0.4 is 5.32 Å². The van der Waals surface area contributed by atoms with E-state index in [1.807, 2.05) is 51.1 Å². The van der Waals surface area contributed by atoms with Gasteiger partial charge in [-0.05, 0) is 43.2 Å². The quantitative estimate of drug-likeness (QED) is 0.460. The number of halogens is 1. The van der Waals surface area contributed by atoms with Gasteiger partial charge < -0.3 is 10.2 Å². The number of aromatic nitrogens is 2. The summed E-state index contributed by atoms with van der Waals surface area (Å²) in [6, 6.07) is 16.6. The van der Waals surface area contributed by atoms with Gasteiger partial charge in [-0.25, -0.2) is 4.68 Å². The smallest absolute Gasteiger partial charge is 0.254 e. The minimum atomic E-state index is -0.287. The van der Waals surface area contributed by atoms with E-state index in [4.69, 9.17) is 16.7 Å². The molecule has 0 radical (unpaired) electrons. The third-order valence-electron chi connectivity index (χ3n) is 5.30. The molecule has 0 saturated carbocycles. The number of nitrogens with one attached hydrogen (secondary N) is 1. The highest BCUT2D eigenvalue weighted by Gasteiger charge is 2.24. The number of rotatable bonds is 7. The van der Waals surface area contributed by atoms with Crippen LogP contribution in [-0.2, 0) is 10.2 Å². The van der Waals surface area contributed by atoms with Gasteiger partial charge in [-0.2, -0.15) is 5.10 Å². The van der Waals surface area contributed by atoms with Gasteiger partial charge in [-0.3, -0.25) is 9.59 Å². The van der Waals surface area contributed by atoms with Crippen LogP contribution in [-0.4, -0.2) is 39.6 Å². The largest absolute Gasteiger partial charge is 0.329 e. The van der Waals surface area contributed by atoms with E-state index >= 15 is 0 Å². The predicted molar refractivity (Wildman–Crippen MR) is 138 cm³/mol. The van der Waals surface area contributed by atoms with Crippen molar-refractivity contribution < 1.29 is 9.59 Å². The topological polar surface area (TPSA) is 67.2 Å². The van der Waals surface area contributed by atoms with Crippen molar-refractivity contribution in [2.75, 3.05) is 18.4 Å². The van der Waals surface area contributed by atoms with Crippen molar-refractivity contribution in [1.29, 1.82) is 0 Å². The molecule has 7 heteroatoms. The van der Waals surface area contributed by atoms with Gasteiger partial charge >= 0.3 is 0 Å². The molecule has 0 fully saturated rings. The summed E-state index contributed by atoms with van der Waals surface area (Å²) < 4.78 is 1.74. The van der Waals surface area contributed by atoms with Crippen LogP contribution in [0.5, 0.6) is 0 Å². The lowest BCUT2D eigenvalue weighted by molar-refractivity contribution is -0.117. The molecule has 6 nitrogen and oxygen atoms in total. The summed E-state index contributed by atoms with van der Waals surface area (Å²) in [4.78, 5) is 27.8. The first-order chi connectivity index (χ1) is 15.9. The van der Waals surface area contributed by atoms with Crippen molar-refractivity contribution in [2.45, 2.75) is 47.0 Å². The molecule has 34 heavy (non-hydrogen) atoms. The number of carbonyl (C=O) groups excluding carboxylic acids is 2. The fourth-order valence-electron chi connectivity index (χ4n) is 3.54. The van der Waals surface area contributed by atoms with Crippen LogP contribution in [0.4, 0.5) is 5.82 Å². The minimum Gasteiger partial charge on any atom is -0.329 e. The van der Waals surface area contributed by atoms with Gasteiger partial charge in [-0.15, -0.1) is 0 Å². The van der Waals surface area contributed by atoms with E-state index in [1.54, 1.807) is 33.8 Å². The molecule has 0 saturated heterocycles. The number of nitrogens with zero attached hydrogens (tertiary/aromatic N) is 3. The first-order valence-corrected chi connectivity index (χ1v) is 11.8. The lowest BCUT2D eigenvalue weighted by atomic mass is 9.92. The highest BCUT2D eigenvalue weighted by molar-refractivity contribution is 6.31. The van der Waals surface area contributed by atoms with Crippen molar-refractivity contribution in [3.05, 3.63) is 76.4 Å². The molecule has 1 heterocycles. The van der Waals surface area contributed by atoms with Gasteiger partial charge in [0.25, 0.3) is 5.91 Å². The number of amides is 2. The number of carbonyl (C=O) groups is 2. The zero-order valence-electron chi connectivity index (χ0n) is 20.7. The zero-order chi connectivity index (χ0) is 25.0. The predicted octanol–water partition coefficient (Wildman–Crippen LogP) is 5.87. The molecule has 0 aliphatic rings. The summed E-state index contributed by atoms with van der Waals surface area (Å²) in [5, 5.41) is 8.22. The summed E-state index contributed by atoms with van der Waals surface area (Å²) in [5.74, 6) is 0.249. The van der Waals surface area contributed by atoms with Crippen LogP contribution in [0.15, 0.2) is 54.6 Å². The van der Waals surface area contributed by atoms with Crippen LogP contribution in [0.2, 0.25) is 5.02 Å². The zero-order valence-corrected chi connectivity index (χ0v) is 21.5. The molecule has 0 spiro atoms. The van der Waals surface area contributed by atoms with Crippen molar-refractivity contribution in [1.82, 2.24) is 14.7 Å². The van der Waals surface area contributed by atoms with Gasteiger partial charge in [0.15, 0.2) is 0 Å². The lowest BCUT2D eigenvalue weighted by Gasteiger charge is -2.24. The average molecular weight is 481 g/mol. The summed E-state index contributed by atoms with van der Waals surface area (Å²) in [6.45, 7) is 12.7. The first-order valence-electron chi connectivity index (χ1n) is 11.5. The third-order valence-corrected chi connectivity index (χ3v) is 5.54. The van der Waals surface area contributed by atoms with Crippen LogP contribution in [0.3, 0.4) is 0 Å². The summed E-state index contributed by atoms with van der Waals surface area (Å²) in [5.41, 5.74) is 3.12. The molecule has 0 aliphatic carbocycles. The monoisotopic (exact) mass is 480 g/mol. The minimum absolute atomic E-state index is 0.0759. The second-order valence-electron chi connectivity index (χ2n) is 10.1. The molecule has 0 bridgehead atoms. The standard InChI is InChI=1S/C27H33ClN4O2/c1-18(2)16-31(26(34)20-8-7-9-21(28)14-20)17-25(33)29-24-15-23(27(4,5)6)30-32(24)22-12-10-19(3)11-13-22/h7-15,18H,16-17H2,1-6H3,(H,29,33). The molecule has 0 aliphatic heterocycles. The molecule has 3 rings (SSSR count). The van der Waals surface area contributed by atoms with E-state index < -0.39 is 0 Å². The molecular weight excluding hydrogens is 448 g/mol. The summed E-state index contributed by atoms with van der Waals surface area (Å²) >= 11 is 6.08. The average Bonchev–Trinajstić information content (AvgIpc) is 3.17. The molecule has 0 atom stereocenters. The molecule has 3 aromatic rings. The Labute approximate surface area is 206 Å². The highest BCUT2D eigenvalue weighted by atomic mass is 35.5. The molecule has 2 amide bonds. The normalized spacial score (nSPS) is 11.5. The highest BCUT2D eigenvalue weighted by Crippen LogP contribution is 2.26. The third kappa shape index (κ3) is 6.48. The maximum Gasteiger partial charge on any atom is 0.254 e. The Bertz CT molecular complexity index is 1160. The van der Waals surface area contributed by atoms with Crippen molar-refractivity contribution >= 4 is 29.2 Å². The Morgan fingerprint density at radius 2 is 1.76 bits per heavy atom. The molecule has 2 aromatic carbocycles. The fourth-order valence-corrected chi connectivity index (χ4v) is 3.73. The Balaban J connectivity index is 1.87. The van der Waals surface area contributed by atoms with Crippen LogP contribution in [0, 0.1) is 12.8 Å². The van der Waals surface area contributed by atoms with Crippen LogP contribution >= 0.6 is 11.6 Å². The van der Waals surface area contributed by atoms with Gasteiger partial charge in [0.05, 0.1) is 11.4 Å². The number of hydrogen-bond acceptors (Lipinski definition) is 3. The molecular formula is C27H33ClN4O2. The Morgan fingerprint density at radius 1 is 1.09 bits per heavy atom. The van der Waals surface area contributed by atoms with E-state index in [-0.39, 0.29) is 29.7 Å². The van der Waals surface area contributed by atoms with E-state index in [2.05, 4.69) is 26.1 Å². The molecule has 0 unspecified atom stereocenters.